The van der Waals surface area contributed by atoms with Crippen LogP contribution in [-0.2, 0) is 11.2 Å². The molecule has 0 saturated carbocycles. The average Bonchev–Trinajstić information content (AvgIpc) is 3.41. The van der Waals surface area contributed by atoms with Crippen LogP contribution in [0, 0.1) is 0 Å². The number of anilines is 1. The van der Waals surface area contributed by atoms with Crippen molar-refractivity contribution in [3.63, 3.8) is 0 Å². The summed E-state index contributed by atoms with van der Waals surface area (Å²) in [6, 6.07) is 18.6. The van der Waals surface area contributed by atoms with Crippen LogP contribution >= 0.6 is 0 Å². The molecule has 1 unspecified atom stereocenters. The van der Waals surface area contributed by atoms with E-state index < -0.39 is 0 Å². The molecule has 0 spiro atoms. The molecule has 1 aromatic heterocycles. The number of hydrogen-bond acceptors (Lipinski definition) is 3. The van der Waals surface area contributed by atoms with Gasteiger partial charge in [-0.1, -0.05) is 37.3 Å². The van der Waals surface area contributed by atoms with Gasteiger partial charge in [-0.05, 0) is 47.9 Å². The van der Waals surface area contributed by atoms with Crippen LogP contribution in [0.3, 0.4) is 0 Å². The summed E-state index contributed by atoms with van der Waals surface area (Å²) in [4.78, 5) is 26.8. The van der Waals surface area contributed by atoms with Gasteiger partial charge in [0.15, 0.2) is 0 Å². The maximum absolute atomic E-state index is 13.0. The Kier molecular flexibility index (Phi) is 4.98. The molecule has 3 aromatic rings. The van der Waals surface area contributed by atoms with E-state index in [1.54, 1.807) is 17.2 Å². The molecular formula is C23H22N2O3. The Labute approximate surface area is 164 Å². The van der Waals surface area contributed by atoms with Gasteiger partial charge >= 0.3 is 0 Å². The molecule has 5 nitrogen and oxygen atoms in total. The van der Waals surface area contributed by atoms with Crippen molar-refractivity contribution in [3.05, 3.63) is 89.4 Å². The Balaban J connectivity index is 1.58. The smallest absolute Gasteiger partial charge is 0.252 e. The summed E-state index contributed by atoms with van der Waals surface area (Å²) in [6.45, 7) is 2.53. The highest BCUT2D eigenvalue weighted by molar-refractivity contribution is 5.98. The van der Waals surface area contributed by atoms with E-state index in [1.165, 1.54) is 0 Å². The fourth-order valence-corrected chi connectivity index (χ4v) is 3.63. The maximum atomic E-state index is 13.0. The molecule has 142 valence electrons. The number of carbonyl (C=O) groups is 2. The van der Waals surface area contributed by atoms with Gasteiger partial charge < -0.3 is 14.6 Å². The van der Waals surface area contributed by atoms with E-state index >= 15 is 0 Å². The molecule has 0 bridgehead atoms. The number of amides is 2. The third-order valence-corrected chi connectivity index (χ3v) is 5.08. The van der Waals surface area contributed by atoms with Gasteiger partial charge in [0, 0.05) is 24.2 Å². The first-order chi connectivity index (χ1) is 13.7. The summed E-state index contributed by atoms with van der Waals surface area (Å²) >= 11 is 0. The van der Waals surface area contributed by atoms with Crippen LogP contribution in [0.1, 0.15) is 46.6 Å². The van der Waals surface area contributed by atoms with E-state index in [2.05, 4.69) is 5.32 Å². The van der Waals surface area contributed by atoms with Gasteiger partial charge in [0.2, 0.25) is 5.91 Å². The van der Waals surface area contributed by atoms with E-state index in [1.807, 2.05) is 61.5 Å². The molecule has 0 fully saturated rings. The van der Waals surface area contributed by atoms with E-state index in [-0.39, 0.29) is 17.9 Å². The lowest BCUT2D eigenvalue weighted by molar-refractivity contribution is -0.118. The zero-order valence-electron chi connectivity index (χ0n) is 15.7. The van der Waals surface area contributed by atoms with Crippen molar-refractivity contribution in [2.45, 2.75) is 25.8 Å². The van der Waals surface area contributed by atoms with Crippen LogP contribution in [-0.4, -0.2) is 18.4 Å². The van der Waals surface area contributed by atoms with Crippen LogP contribution in [0.2, 0.25) is 0 Å². The molecule has 1 aliphatic rings. The van der Waals surface area contributed by atoms with Crippen molar-refractivity contribution < 1.29 is 14.0 Å². The summed E-state index contributed by atoms with van der Waals surface area (Å²) in [5.41, 5.74) is 3.47. The molecule has 2 amide bonds. The van der Waals surface area contributed by atoms with Crippen LogP contribution in [0.25, 0.3) is 0 Å². The van der Waals surface area contributed by atoms with Crippen LogP contribution < -0.4 is 10.2 Å². The van der Waals surface area contributed by atoms with Gasteiger partial charge in [-0.2, -0.15) is 0 Å². The molecule has 4 rings (SSSR count). The Bertz CT molecular complexity index is 980. The third-order valence-electron chi connectivity index (χ3n) is 5.08. The summed E-state index contributed by atoms with van der Waals surface area (Å²) in [6.07, 6.45) is 2.85. The average molecular weight is 374 g/mol. The van der Waals surface area contributed by atoms with Crippen molar-refractivity contribution in [2.75, 3.05) is 11.4 Å². The second-order valence-electron chi connectivity index (χ2n) is 6.82. The fraction of sp³-hybridized carbons (Fsp3) is 0.217. The van der Waals surface area contributed by atoms with Crippen molar-refractivity contribution in [1.29, 1.82) is 0 Å². The van der Waals surface area contributed by atoms with Crippen molar-refractivity contribution >= 4 is 17.5 Å². The zero-order chi connectivity index (χ0) is 19.5. The SMILES string of the molecule is CCC(=O)N1CCc2cc(C(=O)NC(c3ccccc3)c3ccco3)ccc21. The number of nitrogens with zero attached hydrogens (tertiary/aromatic N) is 1. The quantitative estimate of drug-likeness (QED) is 0.731. The maximum Gasteiger partial charge on any atom is 0.252 e. The number of furan rings is 1. The van der Waals surface area contributed by atoms with Gasteiger partial charge in [-0.15, -0.1) is 0 Å². The van der Waals surface area contributed by atoms with Crippen LogP contribution in [0.4, 0.5) is 5.69 Å². The minimum atomic E-state index is -0.366. The number of benzene rings is 2. The minimum absolute atomic E-state index is 0.109. The summed E-state index contributed by atoms with van der Waals surface area (Å²) in [5.74, 6) is 0.617. The highest BCUT2D eigenvalue weighted by atomic mass is 16.3. The first-order valence-corrected chi connectivity index (χ1v) is 9.50. The predicted molar refractivity (Wildman–Crippen MR) is 107 cm³/mol. The van der Waals surface area contributed by atoms with E-state index in [4.69, 9.17) is 4.42 Å². The Morgan fingerprint density at radius 1 is 1.11 bits per heavy atom. The van der Waals surface area contributed by atoms with Crippen molar-refractivity contribution in [3.8, 4) is 0 Å². The number of carbonyl (C=O) groups excluding carboxylic acids is 2. The molecule has 2 heterocycles. The standard InChI is InChI=1S/C23H22N2O3/c1-2-21(26)25-13-12-17-15-18(10-11-19(17)25)23(27)24-22(20-9-6-14-28-20)16-7-4-3-5-8-16/h3-11,14-15,22H,2,12-13H2,1H3,(H,24,27). The predicted octanol–water partition coefficient (Wildman–Crippen LogP) is 4.10. The molecule has 1 N–H and O–H groups in total. The van der Waals surface area contributed by atoms with E-state index in [0.717, 1.165) is 23.2 Å². The molecular weight excluding hydrogens is 352 g/mol. The summed E-state index contributed by atoms with van der Waals surface area (Å²) < 4.78 is 5.55. The molecule has 1 aliphatic heterocycles. The van der Waals surface area contributed by atoms with Gasteiger partial charge in [-0.25, -0.2) is 0 Å². The Morgan fingerprint density at radius 3 is 2.64 bits per heavy atom. The molecule has 1 atom stereocenters. The Hall–Kier alpha value is -3.34. The largest absolute Gasteiger partial charge is 0.467 e. The van der Waals surface area contributed by atoms with Gasteiger partial charge in [-0.3, -0.25) is 9.59 Å². The lowest BCUT2D eigenvalue weighted by Crippen LogP contribution is -2.29. The third kappa shape index (κ3) is 3.43. The molecule has 0 aliphatic carbocycles. The molecule has 28 heavy (non-hydrogen) atoms. The molecule has 0 radical (unpaired) electrons. The first kappa shape index (κ1) is 18.0. The molecule has 0 saturated heterocycles. The van der Waals surface area contributed by atoms with Gasteiger partial charge in [0.05, 0.1) is 6.26 Å². The van der Waals surface area contributed by atoms with E-state index in [0.29, 0.717) is 24.3 Å². The number of rotatable bonds is 5. The normalized spacial score (nSPS) is 13.8. The molecule has 2 aromatic carbocycles. The van der Waals surface area contributed by atoms with Gasteiger partial charge in [0.1, 0.15) is 11.8 Å². The monoisotopic (exact) mass is 374 g/mol. The fourth-order valence-electron chi connectivity index (χ4n) is 3.63. The Morgan fingerprint density at radius 2 is 1.93 bits per heavy atom. The van der Waals surface area contributed by atoms with Crippen molar-refractivity contribution in [2.24, 2.45) is 0 Å². The summed E-state index contributed by atoms with van der Waals surface area (Å²) in [7, 11) is 0. The highest BCUT2D eigenvalue weighted by Crippen LogP contribution is 2.30. The van der Waals surface area contributed by atoms with Crippen LogP contribution in [0.5, 0.6) is 0 Å². The second-order valence-corrected chi connectivity index (χ2v) is 6.82. The zero-order valence-corrected chi connectivity index (χ0v) is 15.7. The lowest BCUT2D eigenvalue weighted by atomic mass is 10.0. The number of nitrogens with one attached hydrogen (secondary N) is 1. The topological polar surface area (TPSA) is 62.6 Å². The molecule has 5 heteroatoms. The van der Waals surface area contributed by atoms with Crippen molar-refractivity contribution in [1.82, 2.24) is 5.32 Å². The van der Waals surface area contributed by atoms with Crippen LogP contribution in [0.15, 0.2) is 71.3 Å². The number of hydrogen-bond donors (Lipinski definition) is 1. The first-order valence-electron chi connectivity index (χ1n) is 9.50. The van der Waals surface area contributed by atoms with E-state index in [9.17, 15) is 9.59 Å². The lowest BCUT2D eigenvalue weighted by Gasteiger charge is -2.18. The highest BCUT2D eigenvalue weighted by Gasteiger charge is 2.25. The number of fused-ring (bicyclic) bond motifs is 1. The minimum Gasteiger partial charge on any atom is -0.467 e. The van der Waals surface area contributed by atoms with Gasteiger partial charge in [0.25, 0.3) is 5.91 Å². The second kappa shape index (κ2) is 7.72. The summed E-state index contributed by atoms with van der Waals surface area (Å²) in [5, 5.41) is 3.08.